The molecule has 12 heteroatoms. The molecule has 5 rings (SSSR count). The molecular weight excluding hydrogens is 490 g/mol. The van der Waals surface area contributed by atoms with Crippen molar-refractivity contribution in [2.45, 2.75) is 19.3 Å². The van der Waals surface area contributed by atoms with Gasteiger partial charge in [-0.1, -0.05) is 6.08 Å². The predicted octanol–water partition coefficient (Wildman–Crippen LogP) is 2.78. The van der Waals surface area contributed by atoms with Gasteiger partial charge in [-0.15, -0.1) is 0 Å². The molecule has 2 aromatic rings. The highest BCUT2D eigenvalue weighted by molar-refractivity contribution is 5.77. The molecule has 1 N–H and O–H groups in total. The molecular formula is C26H35N7O5. The van der Waals surface area contributed by atoms with Gasteiger partial charge in [0.15, 0.2) is 17.3 Å². The first-order chi connectivity index (χ1) is 18.6. The maximum atomic E-state index is 12.8. The Morgan fingerprint density at radius 3 is 2.21 bits per heavy atom. The van der Waals surface area contributed by atoms with E-state index in [9.17, 15) is 4.79 Å². The van der Waals surface area contributed by atoms with E-state index in [1.807, 2.05) is 9.80 Å². The van der Waals surface area contributed by atoms with Crippen LogP contribution in [0.25, 0.3) is 5.57 Å². The van der Waals surface area contributed by atoms with Crippen LogP contribution in [0.4, 0.5) is 22.4 Å². The van der Waals surface area contributed by atoms with E-state index in [1.165, 1.54) is 0 Å². The third-order valence-electron chi connectivity index (χ3n) is 6.98. The molecule has 204 valence electrons. The molecule has 2 amide bonds. The molecule has 2 saturated heterocycles. The van der Waals surface area contributed by atoms with E-state index >= 15 is 0 Å². The number of aromatic nitrogens is 3. The third kappa shape index (κ3) is 5.54. The molecule has 2 fully saturated rings. The van der Waals surface area contributed by atoms with Crippen LogP contribution >= 0.6 is 0 Å². The van der Waals surface area contributed by atoms with Crippen molar-refractivity contribution in [3.63, 3.8) is 0 Å². The number of urea groups is 1. The number of rotatable bonds is 7. The number of carbonyl (C=O) groups excluding carboxylic acids is 1. The Morgan fingerprint density at radius 2 is 1.61 bits per heavy atom. The summed E-state index contributed by atoms with van der Waals surface area (Å²) in [6.45, 7) is 5.50. The van der Waals surface area contributed by atoms with Gasteiger partial charge in [0.05, 0.1) is 34.5 Å². The van der Waals surface area contributed by atoms with E-state index in [0.717, 1.165) is 31.5 Å². The summed E-state index contributed by atoms with van der Waals surface area (Å²) in [6, 6.07) is 3.73. The van der Waals surface area contributed by atoms with Gasteiger partial charge in [0, 0.05) is 57.1 Å². The van der Waals surface area contributed by atoms with Crippen molar-refractivity contribution in [3.05, 3.63) is 24.0 Å². The summed E-state index contributed by atoms with van der Waals surface area (Å²) in [7, 11) is 4.72. The van der Waals surface area contributed by atoms with Crippen molar-refractivity contribution in [1.82, 2.24) is 24.8 Å². The number of morpholine rings is 1. The van der Waals surface area contributed by atoms with Crippen molar-refractivity contribution in [3.8, 4) is 17.2 Å². The number of nitrogens with zero attached hydrogens (tertiary/aromatic N) is 6. The average Bonchev–Trinajstić information content (AvgIpc) is 3.52. The van der Waals surface area contributed by atoms with Crippen LogP contribution in [0.2, 0.25) is 0 Å². The Bertz CT molecular complexity index is 1150. The number of likely N-dealkylation sites (tertiary alicyclic amines) is 1. The largest absolute Gasteiger partial charge is 0.493 e. The highest BCUT2D eigenvalue weighted by Gasteiger charge is 2.26. The maximum Gasteiger partial charge on any atom is 0.320 e. The average molecular weight is 526 g/mol. The van der Waals surface area contributed by atoms with E-state index in [2.05, 4.69) is 16.3 Å². The minimum atomic E-state index is 0.118. The highest BCUT2D eigenvalue weighted by atomic mass is 16.5. The molecule has 0 atom stereocenters. The maximum absolute atomic E-state index is 12.8. The second kappa shape index (κ2) is 11.7. The Labute approximate surface area is 222 Å². The summed E-state index contributed by atoms with van der Waals surface area (Å²) in [4.78, 5) is 33.1. The zero-order chi connectivity index (χ0) is 26.5. The van der Waals surface area contributed by atoms with Crippen molar-refractivity contribution < 1.29 is 23.7 Å². The summed E-state index contributed by atoms with van der Waals surface area (Å²) in [6.07, 6.45) is 4.89. The number of hydrogen-bond donors (Lipinski definition) is 1. The fourth-order valence-corrected chi connectivity index (χ4v) is 4.91. The van der Waals surface area contributed by atoms with E-state index in [4.69, 9.17) is 33.9 Å². The number of methoxy groups -OCH3 is 3. The van der Waals surface area contributed by atoms with Crippen LogP contribution in [0.3, 0.4) is 0 Å². The first-order valence-corrected chi connectivity index (χ1v) is 13.0. The van der Waals surface area contributed by atoms with Crippen LogP contribution in [0, 0.1) is 0 Å². The fourth-order valence-electron chi connectivity index (χ4n) is 4.91. The van der Waals surface area contributed by atoms with Crippen LogP contribution in [-0.4, -0.2) is 105 Å². The molecule has 4 heterocycles. The molecule has 0 bridgehead atoms. The Kier molecular flexibility index (Phi) is 7.97. The van der Waals surface area contributed by atoms with Gasteiger partial charge in [0.1, 0.15) is 0 Å². The van der Waals surface area contributed by atoms with E-state index < -0.39 is 0 Å². The number of amides is 2. The predicted molar refractivity (Wildman–Crippen MR) is 143 cm³/mol. The zero-order valence-corrected chi connectivity index (χ0v) is 22.2. The molecule has 38 heavy (non-hydrogen) atoms. The van der Waals surface area contributed by atoms with E-state index in [-0.39, 0.29) is 6.03 Å². The number of anilines is 3. The SMILES string of the molecule is COc1cc(Nc2nc(C3=CCN(C(=O)N4CCCC4)CC3)nc(N3CCOCC3)n2)cc(OC)c1OC. The monoisotopic (exact) mass is 525 g/mol. The first-order valence-electron chi connectivity index (χ1n) is 13.0. The molecule has 3 aliphatic heterocycles. The van der Waals surface area contributed by atoms with Crippen molar-refractivity contribution in [1.29, 1.82) is 0 Å². The zero-order valence-electron chi connectivity index (χ0n) is 22.2. The quantitative estimate of drug-likeness (QED) is 0.579. The summed E-state index contributed by atoms with van der Waals surface area (Å²) < 4.78 is 22.0. The second-order valence-electron chi connectivity index (χ2n) is 9.32. The van der Waals surface area contributed by atoms with Gasteiger partial charge < -0.3 is 39.0 Å². The number of ether oxygens (including phenoxy) is 4. The lowest BCUT2D eigenvalue weighted by molar-refractivity contribution is 0.122. The normalized spacial score (nSPS) is 17.8. The minimum Gasteiger partial charge on any atom is -0.493 e. The molecule has 0 unspecified atom stereocenters. The van der Waals surface area contributed by atoms with Crippen molar-refractivity contribution in [2.75, 3.05) is 84.0 Å². The van der Waals surface area contributed by atoms with E-state index in [0.29, 0.717) is 86.5 Å². The van der Waals surface area contributed by atoms with E-state index in [1.54, 1.807) is 33.5 Å². The summed E-state index contributed by atoms with van der Waals surface area (Å²) in [5.41, 5.74) is 1.69. The Morgan fingerprint density at radius 1 is 0.895 bits per heavy atom. The molecule has 12 nitrogen and oxygen atoms in total. The van der Waals surface area contributed by atoms with Gasteiger partial charge >= 0.3 is 6.03 Å². The lowest BCUT2D eigenvalue weighted by Gasteiger charge is -2.30. The van der Waals surface area contributed by atoms with Crippen LogP contribution in [0.15, 0.2) is 18.2 Å². The van der Waals surface area contributed by atoms with Gasteiger partial charge in [0.2, 0.25) is 17.6 Å². The van der Waals surface area contributed by atoms with Crippen LogP contribution < -0.4 is 24.4 Å². The summed E-state index contributed by atoms with van der Waals surface area (Å²) in [5.74, 6) is 3.15. The molecule has 1 aromatic carbocycles. The highest BCUT2D eigenvalue weighted by Crippen LogP contribution is 2.40. The van der Waals surface area contributed by atoms with Gasteiger partial charge in [-0.3, -0.25) is 0 Å². The number of nitrogens with one attached hydrogen (secondary N) is 1. The molecule has 0 radical (unpaired) electrons. The van der Waals surface area contributed by atoms with Gasteiger partial charge in [-0.05, 0) is 24.8 Å². The number of benzene rings is 1. The molecule has 0 saturated carbocycles. The smallest absolute Gasteiger partial charge is 0.320 e. The molecule has 3 aliphatic rings. The van der Waals surface area contributed by atoms with Gasteiger partial charge in [0.25, 0.3) is 0 Å². The third-order valence-corrected chi connectivity index (χ3v) is 6.98. The standard InChI is InChI=1S/C26H35N7O5/c1-35-20-16-19(17-21(36-2)22(20)37-3)27-24-28-23(29-25(30-24)31-12-14-38-15-13-31)18-6-10-33(11-7-18)26(34)32-8-4-5-9-32/h6,16-17H,4-5,7-15H2,1-3H3,(H,27,28,29,30). The molecule has 0 aliphatic carbocycles. The van der Waals surface area contributed by atoms with Gasteiger partial charge in [-0.25, -0.2) is 4.79 Å². The first kappa shape index (κ1) is 25.8. The minimum absolute atomic E-state index is 0.118. The van der Waals surface area contributed by atoms with Crippen LogP contribution in [0.5, 0.6) is 17.2 Å². The van der Waals surface area contributed by atoms with Crippen molar-refractivity contribution >= 4 is 29.2 Å². The van der Waals surface area contributed by atoms with Gasteiger partial charge in [-0.2, -0.15) is 15.0 Å². The Hall–Kier alpha value is -3.80. The fraction of sp³-hybridized carbons (Fsp3) is 0.538. The van der Waals surface area contributed by atoms with Crippen molar-refractivity contribution in [2.24, 2.45) is 0 Å². The summed E-state index contributed by atoms with van der Waals surface area (Å²) in [5, 5.41) is 3.29. The summed E-state index contributed by atoms with van der Waals surface area (Å²) >= 11 is 0. The second-order valence-corrected chi connectivity index (χ2v) is 9.32. The molecule has 0 spiro atoms. The lowest BCUT2D eigenvalue weighted by atomic mass is 10.1. The number of carbonyl (C=O) groups is 1. The van der Waals surface area contributed by atoms with Crippen LogP contribution in [0.1, 0.15) is 25.1 Å². The Balaban J connectivity index is 1.43. The number of hydrogen-bond acceptors (Lipinski definition) is 10. The molecule has 1 aromatic heterocycles. The topological polar surface area (TPSA) is 114 Å². The van der Waals surface area contributed by atoms with Crippen LogP contribution in [-0.2, 0) is 4.74 Å². The lowest BCUT2D eigenvalue weighted by Crippen LogP contribution is -2.43.